The molecule has 0 aliphatic heterocycles. The van der Waals surface area contributed by atoms with Crippen molar-refractivity contribution in [1.82, 2.24) is 14.8 Å². The molecule has 0 spiro atoms. The van der Waals surface area contributed by atoms with E-state index < -0.39 is 6.10 Å². The minimum atomic E-state index is -0.413. The highest BCUT2D eigenvalue weighted by atomic mass is 32.2. The third-order valence-electron chi connectivity index (χ3n) is 4.80. The number of hydrogen-bond acceptors (Lipinski definition) is 7. The van der Waals surface area contributed by atoms with Crippen molar-refractivity contribution in [2.75, 3.05) is 25.3 Å². The van der Waals surface area contributed by atoms with E-state index in [0.29, 0.717) is 46.4 Å². The molecule has 1 heterocycles. The minimum absolute atomic E-state index is 0.138. The second kappa shape index (κ2) is 11.7. The topological polar surface area (TPSA) is 87.5 Å². The van der Waals surface area contributed by atoms with E-state index in [-0.39, 0.29) is 17.5 Å². The van der Waals surface area contributed by atoms with Gasteiger partial charge in [0.2, 0.25) is 5.91 Å². The van der Waals surface area contributed by atoms with Gasteiger partial charge in [0.15, 0.2) is 17.1 Å². The van der Waals surface area contributed by atoms with Crippen molar-refractivity contribution >= 4 is 23.4 Å². The number of ether oxygens (including phenoxy) is 3. The van der Waals surface area contributed by atoms with Crippen LogP contribution in [0.1, 0.15) is 32.7 Å². The first-order chi connectivity index (χ1) is 16.3. The van der Waals surface area contributed by atoms with E-state index in [2.05, 4.69) is 29.4 Å². The summed E-state index contributed by atoms with van der Waals surface area (Å²) in [6.07, 6.45) is -0.413. The predicted molar refractivity (Wildman–Crippen MR) is 129 cm³/mol. The molecule has 0 bridgehead atoms. The first kappa shape index (κ1) is 25.4. The number of hydrogen-bond donors (Lipinski definition) is 1. The number of nitrogens with zero attached hydrogens (tertiary/aromatic N) is 3. The summed E-state index contributed by atoms with van der Waals surface area (Å²) in [6.45, 7) is 6.70. The van der Waals surface area contributed by atoms with Gasteiger partial charge in [0.05, 0.1) is 25.7 Å². The second-order valence-corrected chi connectivity index (χ2v) is 8.90. The Bertz CT molecular complexity index is 1100. The summed E-state index contributed by atoms with van der Waals surface area (Å²) in [5, 5.41) is 12.1. The number of nitrogens with one attached hydrogen (secondary N) is 1. The van der Waals surface area contributed by atoms with Crippen LogP contribution in [0.2, 0.25) is 0 Å². The van der Waals surface area contributed by atoms with Crippen LogP contribution in [0.4, 0.5) is 10.1 Å². The monoisotopic (exact) mass is 488 g/mol. The fraction of sp³-hybridized carbons (Fsp3) is 0.375. The fourth-order valence-electron chi connectivity index (χ4n) is 3.23. The molecule has 0 saturated heterocycles. The molecule has 34 heavy (non-hydrogen) atoms. The van der Waals surface area contributed by atoms with E-state index in [9.17, 15) is 9.18 Å². The Hall–Kier alpha value is -3.27. The van der Waals surface area contributed by atoms with Gasteiger partial charge < -0.3 is 24.1 Å². The van der Waals surface area contributed by atoms with Crippen LogP contribution in [0, 0.1) is 11.7 Å². The van der Waals surface area contributed by atoms with Crippen molar-refractivity contribution < 1.29 is 23.4 Å². The standard InChI is InChI=1S/C24H29FN4O4S/c1-15(2)13-29-23(16(3)33-18-8-6-17(25)7-9-18)27-28-24(29)34-14-22(30)26-20-11-10-19(31-4)12-21(20)32-5/h6-12,15-16H,13-14H2,1-5H3,(H,26,30). The SMILES string of the molecule is COc1ccc(NC(=O)CSc2nnc(C(C)Oc3ccc(F)cc3)n2CC(C)C)c(OC)c1. The third kappa shape index (κ3) is 6.63. The van der Waals surface area contributed by atoms with Gasteiger partial charge in [-0.15, -0.1) is 10.2 Å². The van der Waals surface area contributed by atoms with Crippen molar-refractivity contribution in [3.63, 3.8) is 0 Å². The van der Waals surface area contributed by atoms with Gasteiger partial charge in [-0.1, -0.05) is 25.6 Å². The van der Waals surface area contributed by atoms with Crippen LogP contribution >= 0.6 is 11.8 Å². The first-order valence-corrected chi connectivity index (χ1v) is 11.8. The summed E-state index contributed by atoms with van der Waals surface area (Å²) in [5.41, 5.74) is 0.555. The molecule has 2 aromatic carbocycles. The minimum Gasteiger partial charge on any atom is -0.497 e. The van der Waals surface area contributed by atoms with Gasteiger partial charge in [0, 0.05) is 12.6 Å². The van der Waals surface area contributed by atoms with Crippen LogP contribution in [0.5, 0.6) is 17.2 Å². The maximum atomic E-state index is 13.2. The van der Waals surface area contributed by atoms with Crippen molar-refractivity contribution in [1.29, 1.82) is 0 Å². The third-order valence-corrected chi connectivity index (χ3v) is 5.77. The number of amides is 1. The van der Waals surface area contributed by atoms with Crippen molar-refractivity contribution in [3.8, 4) is 17.2 Å². The Morgan fingerprint density at radius 3 is 2.41 bits per heavy atom. The molecule has 0 aliphatic carbocycles. The van der Waals surface area contributed by atoms with Crippen LogP contribution in [0.15, 0.2) is 47.6 Å². The molecule has 0 saturated carbocycles. The molecule has 0 aliphatic rings. The lowest BCUT2D eigenvalue weighted by Crippen LogP contribution is -2.17. The summed E-state index contributed by atoms with van der Waals surface area (Å²) < 4.78 is 31.6. The van der Waals surface area contributed by atoms with Gasteiger partial charge in [0.1, 0.15) is 23.1 Å². The van der Waals surface area contributed by atoms with Crippen molar-refractivity contribution in [2.45, 2.75) is 38.6 Å². The number of benzene rings is 2. The lowest BCUT2D eigenvalue weighted by molar-refractivity contribution is -0.113. The smallest absolute Gasteiger partial charge is 0.234 e. The number of anilines is 1. The van der Waals surface area contributed by atoms with Gasteiger partial charge >= 0.3 is 0 Å². The quantitative estimate of drug-likeness (QED) is 0.382. The molecule has 1 atom stereocenters. The lowest BCUT2D eigenvalue weighted by Gasteiger charge is -2.18. The van der Waals surface area contributed by atoms with Crippen molar-refractivity contribution in [3.05, 3.63) is 54.1 Å². The Kier molecular flexibility index (Phi) is 8.75. The summed E-state index contributed by atoms with van der Waals surface area (Å²) in [5.74, 6) is 2.25. The molecule has 10 heteroatoms. The Balaban J connectivity index is 1.70. The average Bonchev–Trinajstić information content (AvgIpc) is 3.21. The number of methoxy groups -OCH3 is 2. The largest absolute Gasteiger partial charge is 0.497 e. The molecule has 1 N–H and O–H groups in total. The van der Waals surface area contributed by atoms with Gasteiger partial charge in [0.25, 0.3) is 0 Å². The van der Waals surface area contributed by atoms with Crippen LogP contribution in [-0.2, 0) is 11.3 Å². The summed E-state index contributed by atoms with van der Waals surface area (Å²) in [4.78, 5) is 12.6. The molecular formula is C24H29FN4O4S. The van der Waals surface area contributed by atoms with Crippen LogP contribution in [-0.4, -0.2) is 40.6 Å². The molecule has 1 aromatic heterocycles. The summed E-state index contributed by atoms with van der Waals surface area (Å²) in [7, 11) is 3.10. The Morgan fingerprint density at radius 1 is 1.06 bits per heavy atom. The Morgan fingerprint density at radius 2 is 1.76 bits per heavy atom. The maximum Gasteiger partial charge on any atom is 0.234 e. The lowest BCUT2D eigenvalue weighted by atomic mass is 10.2. The molecule has 0 fully saturated rings. The van der Waals surface area contributed by atoms with E-state index in [4.69, 9.17) is 14.2 Å². The van der Waals surface area contributed by atoms with E-state index >= 15 is 0 Å². The van der Waals surface area contributed by atoms with E-state index in [1.54, 1.807) is 37.4 Å². The molecule has 1 unspecified atom stereocenters. The number of carbonyl (C=O) groups excluding carboxylic acids is 1. The van der Waals surface area contributed by atoms with Crippen molar-refractivity contribution in [2.24, 2.45) is 5.92 Å². The van der Waals surface area contributed by atoms with Gasteiger partial charge in [-0.3, -0.25) is 4.79 Å². The fourth-order valence-corrected chi connectivity index (χ4v) is 3.99. The Labute approximate surface area is 202 Å². The predicted octanol–water partition coefficient (Wildman–Crippen LogP) is 4.96. The number of carbonyl (C=O) groups is 1. The molecule has 0 radical (unpaired) electrons. The van der Waals surface area contributed by atoms with E-state index in [1.807, 2.05) is 11.5 Å². The molecule has 182 valence electrons. The van der Waals surface area contributed by atoms with Gasteiger partial charge in [-0.05, 0) is 49.2 Å². The highest BCUT2D eigenvalue weighted by molar-refractivity contribution is 7.99. The number of rotatable bonds is 11. The number of thioether (sulfide) groups is 1. The maximum absolute atomic E-state index is 13.2. The van der Waals surface area contributed by atoms with Gasteiger partial charge in [-0.25, -0.2) is 4.39 Å². The average molecular weight is 489 g/mol. The van der Waals surface area contributed by atoms with Gasteiger partial charge in [-0.2, -0.15) is 0 Å². The highest BCUT2D eigenvalue weighted by Gasteiger charge is 2.21. The first-order valence-electron chi connectivity index (χ1n) is 10.8. The zero-order valence-corrected chi connectivity index (χ0v) is 20.7. The van der Waals surface area contributed by atoms with E-state index in [1.165, 1.54) is 31.0 Å². The van der Waals surface area contributed by atoms with Crippen LogP contribution in [0.25, 0.3) is 0 Å². The molecule has 1 amide bonds. The zero-order chi connectivity index (χ0) is 24.7. The second-order valence-electron chi connectivity index (χ2n) is 7.96. The molecule has 8 nitrogen and oxygen atoms in total. The van der Waals surface area contributed by atoms with Crippen LogP contribution in [0.3, 0.4) is 0 Å². The summed E-state index contributed by atoms with van der Waals surface area (Å²) >= 11 is 1.29. The van der Waals surface area contributed by atoms with Crippen LogP contribution < -0.4 is 19.5 Å². The number of halogens is 1. The molecule has 3 aromatic rings. The molecule has 3 rings (SSSR count). The molecular weight excluding hydrogens is 459 g/mol. The zero-order valence-electron chi connectivity index (χ0n) is 19.9. The summed E-state index contributed by atoms with van der Waals surface area (Å²) in [6, 6.07) is 11.0. The van der Waals surface area contributed by atoms with E-state index in [0.717, 1.165) is 0 Å². The normalized spacial score (nSPS) is 11.9. The highest BCUT2D eigenvalue weighted by Crippen LogP contribution is 2.30. The number of aromatic nitrogens is 3.